The number of methoxy groups -OCH3 is 1. The van der Waals surface area contributed by atoms with Gasteiger partial charge in [0.25, 0.3) is 0 Å². The normalized spacial score (nSPS) is 10.8. The largest absolute Gasteiger partial charge is 0.497 e. The van der Waals surface area contributed by atoms with Crippen LogP contribution in [0.25, 0.3) is 16.9 Å². The number of ether oxygens (including phenoxy) is 1. The van der Waals surface area contributed by atoms with E-state index < -0.39 is 0 Å². The summed E-state index contributed by atoms with van der Waals surface area (Å²) in [6.45, 7) is 4.40. The van der Waals surface area contributed by atoms with Gasteiger partial charge in [0.2, 0.25) is 0 Å². The van der Waals surface area contributed by atoms with Crippen LogP contribution >= 0.6 is 15.9 Å². The summed E-state index contributed by atoms with van der Waals surface area (Å²) in [5, 5.41) is 0. The van der Waals surface area contributed by atoms with Crippen molar-refractivity contribution in [3.05, 3.63) is 70.3 Å². The molecule has 124 valence electrons. The zero-order valence-electron chi connectivity index (χ0n) is 14.3. The predicted molar refractivity (Wildman–Crippen MR) is 104 cm³/mol. The Morgan fingerprint density at radius 2 is 1.67 bits per heavy atom. The van der Waals surface area contributed by atoms with Gasteiger partial charge in [-0.2, -0.15) is 0 Å². The third kappa shape index (κ3) is 3.27. The number of aryl methyl sites for hydroxylation is 2. The molecule has 0 radical (unpaired) electrons. The number of aromatic nitrogens is 1. The first-order valence-corrected chi connectivity index (χ1v) is 9.05. The lowest BCUT2D eigenvalue weighted by atomic mass is 10.0. The first kappa shape index (κ1) is 16.8. The summed E-state index contributed by atoms with van der Waals surface area (Å²) in [7, 11) is 1.70. The van der Waals surface area contributed by atoms with Gasteiger partial charge in [0.05, 0.1) is 12.8 Å². The molecule has 0 saturated heterocycles. The Labute approximate surface area is 152 Å². The number of rotatable bonds is 5. The van der Waals surface area contributed by atoms with Crippen LogP contribution in [0.5, 0.6) is 5.75 Å². The summed E-state index contributed by atoms with van der Waals surface area (Å²) in [6, 6.07) is 19.1. The van der Waals surface area contributed by atoms with Crippen molar-refractivity contribution in [2.24, 2.45) is 0 Å². The molecule has 0 spiro atoms. The fraction of sp³-hybridized carbons (Fsp3) is 0.238. The number of hydrogen-bond donors (Lipinski definition) is 0. The van der Waals surface area contributed by atoms with Gasteiger partial charge in [-0.25, -0.2) is 0 Å². The van der Waals surface area contributed by atoms with Crippen LogP contribution in [0.3, 0.4) is 0 Å². The first-order chi connectivity index (χ1) is 11.6. The molecule has 0 N–H and O–H groups in total. The van der Waals surface area contributed by atoms with Crippen molar-refractivity contribution in [1.82, 2.24) is 4.57 Å². The summed E-state index contributed by atoms with van der Waals surface area (Å²) in [5.41, 5.74) is 6.33. The maximum Gasteiger partial charge on any atom is 0.118 e. The molecule has 3 heteroatoms. The molecule has 3 rings (SSSR count). The molecule has 0 fully saturated rings. The fourth-order valence-corrected chi connectivity index (χ4v) is 3.42. The van der Waals surface area contributed by atoms with E-state index in [-0.39, 0.29) is 0 Å². The SMILES string of the molecule is CCCc1cc(C)n(-c2ccc(Br)cc2)c1-c1ccc(OC)cc1. The van der Waals surface area contributed by atoms with E-state index in [2.05, 4.69) is 76.8 Å². The first-order valence-electron chi connectivity index (χ1n) is 8.25. The van der Waals surface area contributed by atoms with Crippen LogP contribution in [0.1, 0.15) is 24.6 Å². The number of benzene rings is 2. The minimum atomic E-state index is 0.884. The second-order valence-electron chi connectivity index (χ2n) is 5.95. The van der Waals surface area contributed by atoms with Gasteiger partial charge in [-0.05, 0) is 79.1 Å². The predicted octanol–water partition coefficient (Wildman–Crippen LogP) is 6.18. The zero-order chi connectivity index (χ0) is 17.1. The topological polar surface area (TPSA) is 14.2 Å². The average Bonchev–Trinajstić information content (AvgIpc) is 2.92. The van der Waals surface area contributed by atoms with E-state index in [1.807, 2.05) is 12.1 Å². The molecular formula is C21H22BrNO. The standard InChI is InChI=1S/C21H22BrNO/c1-4-5-17-14-15(2)23(19-10-8-18(22)9-11-19)21(17)16-6-12-20(24-3)13-7-16/h6-14H,4-5H2,1-3H3. The molecule has 2 nitrogen and oxygen atoms in total. The second-order valence-corrected chi connectivity index (χ2v) is 6.87. The highest BCUT2D eigenvalue weighted by Gasteiger charge is 2.15. The molecule has 0 saturated carbocycles. The molecule has 0 aliphatic heterocycles. The molecular weight excluding hydrogens is 362 g/mol. The third-order valence-electron chi connectivity index (χ3n) is 4.23. The van der Waals surface area contributed by atoms with Gasteiger partial charge in [0.15, 0.2) is 0 Å². The van der Waals surface area contributed by atoms with Gasteiger partial charge in [-0.1, -0.05) is 29.3 Å². The molecule has 1 aromatic heterocycles. The molecule has 1 heterocycles. The van der Waals surface area contributed by atoms with E-state index in [4.69, 9.17) is 4.74 Å². The summed E-state index contributed by atoms with van der Waals surface area (Å²) < 4.78 is 8.74. The van der Waals surface area contributed by atoms with Gasteiger partial charge in [-0.15, -0.1) is 0 Å². The van der Waals surface area contributed by atoms with E-state index in [1.54, 1.807) is 7.11 Å². The number of nitrogens with zero attached hydrogens (tertiary/aromatic N) is 1. The molecule has 0 aliphatic carbocycles. The van der Waals surface area contributed by atoms with E-state index >= 15 is 0 Å². The maximum absolute atomic E-state index is 5.30. The highest BCUT2D eigenvalue weighted by Crippen LogP contribution is 2.33. The summed E-state index contributed by atoms with van der Waals surface area (Å²) in [6.07, 6.45) is 2.21. The van der Waals surface area contributed by atoms with Crippen molar-refractivity contribution >= 4 is 15.9 Å². The van der Waals surface area contributed by atoms with Crippen molar-refractivity contribution in [2.75, 3.05) is 7.11 Å². The lowest BCUT2D eigenvalue weighted by Crippen LogP contribution is -2.00. The Morgan fingerprint density at radius 3 is 2.25 bits per heavy atom. The second kappa shape index (κ2) is 7.27. The number of hydrogen-bond acceptors (Lipinski definition) is 1. The highest BCUT2D eigenvalue weighted by molar-refractivity contribution is 9.10. The molecule has 0 atom stereocenters. The zero-order valence-corrected chi connectivity index (χ0v) is 15.9. The molecule has 0 bridgehead atoms. The van der Waals surface area contributed by atoms with Gasteiger partial charge >= 0.3 is 0 Å². The Bertz CT molecular complexity index is 816. The highest BCUT2D eigenvalue weighted by atomic mass is 79.9. The van der Waals surface area contributed by atoms with E-state index in [0.717, 1.165) is 23.1 Å². The Kier molecular flexibility index (Phi) is 5.10. The maximum atomic E-state index is 5.30. The smallest absolute Gasteiger partial charge is 0.118 e. The molecule has 0 unspecified atom stereocenters. The van der Waals surface area contributed by atoms with Crippen LogP contribution in [0, 0.1) is 6.92 Å². The average molecular weight is 384 g/mol. The quantitative estimate of drug-likeness (QED) is 0.513. The van der Waals surface area contributed by atoms with Crippen LogP contribution in [0.15, 0.2) is 59.1 Å². The Hall–Kier alpha value is -2.00. The van der Waals surface area contributed by atoms with Gasteiger partial charge in [-0.3, -0.25) is 0 Å². The number of halogens is 1. The monoisotopic (exact) mass is 383 g/mol. The van der Waals surface area contributed by atoms with Crippen LogP contribution < -0.4 is 4.74 Å². The van der Waals surface area contributed by atoms with Crippen LogP contribution in [0.2, 0.25) is 0 Å². The van der Waals surface area contributed by atoms with Gasteiger partial charge < -0.3 is 9.30 Å². The lowest BCUT2D eigenvalue weighted by Gasteiger charge is -2.14. The summed E-state index contributed by atoms with van der Waals surface area (Å²) >= 11 is 3.52. The summed E-state index contributed by atoms with van der Waals surface area (Å²) in [4.78, 5) is 0. The van der Waals surface area contributed by atoms with Crippen molar-refractivity contribution in [3.63, 3.8) is 0 Å². The van der Waals surface area contributed by atoms with Crippen molar-refractivity contribution in [3.8, 4) is 22.7 Å². The Balaban J connectivity index is 2.18. The van der Waals surface area contributed by atoms with Crippen LogP contribution in [-0.4, -0.2) is 11.7 Å². The molecule has 3 aromatic rings. The molecule has 24 heavy (non-hydrogen) atoms. The molecule has 0 amide bonds. The van der Waals surface area contributed by atoms with Crippen LogP contribution in [-0.2, 0) is 6.42 Å². The third-order valence-corrected chi connectivity index (χ3v) is 4.76. The minimum absolute atomic E-state index is 0.884. The fourth-order valence-electron chi connectivity index (χ4n) is 3.15. The Morgan fingerprint density at radius 1 is 1.00 bits per heavy atom. The van der Waals surface area contributed by atoms with Gasteiger partial charge in [0.1, 0.15) is 5.75 Å². The van der Waals surface area contributed by atoms with E-state index in [0.29, 0.717) is 0 Å². The molecule has 2 aromatic carbocycles. The minimum Gasteiger partial charge on any atom is -0.497 e. The van der Waals surface area contributed by atoms with E-state index in [9.17, 15) is 0 Å². The van der Waals surface area contributed by atoms with Crippen LogP contribution in [0.4, 0.5) is 0 Å². The van der Waals surface area contributed by atoms with Crippen molar-refractivity contribution in [2.45, 2.75) is 26.7 Å². The van der Waals surface area contributed by atoms with E-state index in [1.165, 1.54) is 28.2 Å². The van der Waals surface area contributed by atoms with Crippen molar-refractivity contribution < 1.29 is 4.74 Å². The van der Waals surface area contributed by atoms with Crippen molar-refractivity contribution in [1.29, 1.82) is 0 Å². The van der Waals surface area contributed by atoms with Gasteiger partial charge in [0, 0.05) is 15.9 Å². The summed E-state index contributed by atoms with van der Waals surface area (Å²) in [5.74, 6) is 0.884. The lowest BCUT2D eigenvalue weighted by molar-refractivity contribution is 0.415. The molecule has 0 aliphatic rings.